The number of ether oxygens (including phenoxy) is 2. The van der Waals surface area contributed by atoms with Gasteiger partial charge in [0.1, 0.15) is 0 Å². The van der Waals surface area contributed by atoms with Crippen LogP contribution in [0.4, 0.5) is 10.5 Å². The minimum absolute atomic E-state index is 0.0449. The zero-order chi connectivity index (χ0) is 20.6. The van der Waals surface area contributed by atoms with Crippen molar-refractivity contribution < 1.29 is 19.1 Å². The van der Waals surface area contributed by atoms with Crippen molar-refractivity contribution in [2.45, 2.75) is 0 Å². The van der Waals surface area contributed by atoms with E-state index in [-0.39, 0.29) is 11.9 Å². The molecule has 3 amide bonds. The number of nitrogens with zero attached hydrogens (tertiary/aromatic N) is 2. The average molecular weight is 419 g/mol. The largest absolute Gasteiger partial charge is 0.493 e. The Hall–Kier alpha value is -2.78. The number of nitrogens with one attached hydrogen (secondary N) is 2. The number of thiophene rings is 1. The molecule has 156 valence electrons. The maximum atomic E-state index is 12.6. The Labute approximate surface area is 174 Å². The van der Waals surface area contributed by atoms with Crippen molar-refractivity contribution in [2.75, 3.05) is 58.8 Å². The van der Waals surface area contributed by atoms with E-state index in [1.807, 2.05) is 16.8 Å². The standard InChI is InChI=1S/C20H26N4O4S/c1-27-17-5-3-4-16(18(17)28-2)22-20(26)24-11-9-23(10-12-24)8-7-21-19(25)15-6-13-29-14-15/h3-6,13-14H,7-12H2,1-2H3,(H,21,25)(H,22,26). The third-order valence-electron chi connectivity index (χ3n) is 4.80. The van der Waals surface area contributed by atoms with Crippen molar-refractivity contribution >= 4 is 29.0 Å². The third-order valence-corrected chi connectivity index (χ3v) is 5.48. The first kappa shape index (κ1) is 20.9. The number of methoxy groups -OCH3 is 2. The van der Waals surface area contributed by atoms with Crippen molar-refractivity contribution in [1.82, 2.24) is 15.1 Å². The van der Waals surface area contributed by atoms with Gasteiger partial charge in [0.2, 0.25) is 0 Å². The summed E-state index contributed by atoms with van der Waals surface area (Å²) >= 11 is 1.51. The van der Waals surface area contributed by atoms with Gasteiger partial charge in [-0.1, -0.05) is 6.07 Å². The van der Waals surface area contributed by atoms with Gasteiger partial charge in [0.05, 0.1) is 19.9 Å². The Kier molecular flexibility index (Phi) is 7.31. The second-order valence-corrected chi connectivity index (χ2v) is 7.35. The molecule has 1 aliphatic rings. The Morgan fingerprint density at radius 1 is 1.10 bits per heavy atom. The van der Waals surface area contributed by atoms with Gasteiger partial charge in [-0.25, -0.2) is 4.79 Å². The van der Waals surface area contributed by atoms with E-state index in [0.717, 1.165) is 19.6 Å². The first-order valence-corrected chi connectivity index (χ1v) is 10.4. The number of carbonyl (C=O) groups is 2. The lowest BCUT2D eigenvalue weighted by atomic mass is 10.2. The summed E-state index contributed by atoms with van der Waals surface area (Å²) in [5.74, 6) is 1.03. The molecule has 1 aromatic heterocycles. The molecule has 0 saturated carbocycles. The first-order chi connectivity index (χ1) is 14.1. The van der Waals surface area contributed by atoms with E-state index in [1.54, 1.807) is 37.3 Å². The third kappa shape index (κ3) is 5.39. The Morgan fingerprint density at radius 2 is 1.90 bits per heavy atom. The Morgan fingerprint density at radius 3 is 2.55 bits per heavy atom. The minimum Gasteiger partial charge on any atom is -0.493 e. The molecule has 0 spiro atoms. The fourth-order valence-electron chi connectivity index (χ4n) is 3.18. The van der Waals surface area contributed by atoms with E-state index in [0.29, 0.717) is 42.4 Å². The summed E-state index contributed by atoms with van der Waals surface area (Å²) in [6, 6.07) is 7.02. The fourth-order valence-corrected chi connectivity index (χ4v) is 3.81. The van der Waals surface area contributed by atoms with Crippen LogP contribution in [-0.4, -0.2) is 75.2 Å². The second-order valence-electron chi connectivity index (χ2n) is 6.57. The molecule has 1 fully saturated rings. The molecular weight excluding hydrogens is 392 g/mol. The minimum atomic E-state index is -0.165. The van der Waals surface area contributed by atoms with Gasteiger partial charge in [0, 0.05) is 50.2 Å². The molecule has 9 heteroatoms. The molecule has 3 rings (SSSR count). The Balaban J connectivity index is 1.43. The van der Waals surface area contributed by atoms with E-state index in [9.17, 15) is 9.59 Å². The number of amides is 3. The van der Waals surface area contributed by atoms with E-state index >= 15 is 0 Å². The van der Waals surface area contributed by atoms with Gasteiger partial charge in [0.25, 0.3) is 5.91 Å². The van der Waals surface area contributed by atoms with E-state index in [4.69, 9.17) is 9.47 Å². The molecule has 0 radical (unpaired) electrons. The molecule has 0 unspecified atom stereocenters. The second kappa shape index (κ2) is 10.1. The predicted octanol–water partition coefficient (Wildman–Crippen LogP) is 2.34. The number of hydrogen-bond acceptors (Lipinski definition) is 6. The van der Waals surface area contributed by atoms with Gasteiger partial charge in [-0.3, -0.25) is 9.69 Å². The van der Waals surface area contributed by atoms with Crippen LogP contribution < -0.4 is 20.1 Å². The molecular formula is C20H26N4O4S. The molecule has 0 atom stereocenters. The van der Waals surface area contributed by atoms with Gasteiger partial charge in [-0.15, -0.1) is 0 Å². The number of carbonyl (C=O) groups excluding carboxylic acids is 2. The maximum absolute atomic E-state index is 12.6. The van der Waals surface area contributed by atoms with Crippen LogP contribution >= 0.6 is 11.3 Å². The number of urea groups is 1. The molecule has 1 saturated heterocycles. The molecule has 1 aromatic carbocycles. The molecule has 2 N–H and O–H groups in total. The number of hydrogen-bond donors (Lipinski definition) is 2. The van der Waals surface area contributed by atoms with Crippen molar-refractivity contribution in [3.8, 4) is 11.5 Å². The van der Waals surface area contributed by atoms with Gasteiger partial charge < -0.3 is 25.0 Å². The zero-order valence-corrected chi connectivity index (χ0v) is 17.5. The zero-order valence-electron chi connectivity index (χ0n) is 16.6. The van der Waals surface area contributed by atoms with Crippen LogP contribution in [0.3, 0.4) is 0 Å². The first-order valence-electron chi connectivity index (χ1n) is 9.42. The number of rotatable bonds is 7. The Bertz CT molecular complexity index is 820. The quantitative estimate of drug-likeness (QED) is 0.721. The van der Waals surface area contributed by atoms with Crippen molar-refractivity contribution in [2.24, 2.45) is 0 Å². The molecule has 2 heterocycles. The monoisotopic (exact) mass is 418 g/mol. The number of anilines is 1. The highest BCUT2D eigenvalue weighted by Gasteiger charge is 2.22. The molecule has 1 aliphatic heterocycles. The van der Waals surface area contributed by atoms with Crippen molar-refractivity contribution in [3.05, 3.63) is 40.6 Å². The lowest BCUT2D eigenvalue weighted by Gasteiger charge is -2.34. The van der Waals surface area contributed by atoms with Crippen LogP contribution in [0.25, 0.3) is 0 Å². The summed E-state index contributed by atoms with van der Waals surface area (Å²) in [5, 5.41) is 9.56. The average Bonchev–Trinajstić information content (AvgIpc) is 3.29. The molecule has 2 aromatic rings. The number of para-hydroxylation sites is 1. The molecule has 29 heavy (non-hydrogen) atoms. The predicted molar refractivity (Wildman–Crippen MR) is 113 cm³/mol. The van der Waals surface area contributed by atoms with E-state index in [1.165, 1.54) is 11.3 Å². The summed E-state index contributed by atoms with van der Waals surface area (Å²) in [5.41, 5.74) is 1.28. The van der Waals surface area contributed by atoms with Gasteiger partial charge in [0.15, 0.2) is 11.5 Å². The highest BCUT2D eigenvalue weighted by molar-refractivity contribution is 7.08. The fraction of sp³-hybridized carbons (Fsp3) is 0.400. The highest BCUT2D eigenvalue weighted by atomic mass is 32.1. The molecule has 0 aliphatic carbocycles. The van der Waals surface area contributed by atoms with Gasteiger partial charge >= 0.3 is 6.03 Å². The highest BCUT2D eigenvalue weighted by Crippen LogP contribution is 2.34. The normalized spacial score (nSPS) is 14.3. The molecule has 0 bridgehead atoms. The van der Waals surface area contributed by atoms with Crippen LogP contribution in [0.1, 0.15) is 10.4 Å². The maximum Gasteiger partial charge on any atom is 0.322 e. The molecule has 8 nitrogen and oxygen atoms in total. The van der Waals surface area contributed by atoms with Crippen LogP contribution in [0.5, 0.6) is 11.5 Å². The van der Waals surface area contributed by atoms with Crippen LogP contribution in [0, 0.1) is 0 Å². The van der Waals surface area contributed by atoms with Crippen LogP contribution in [0.15, 0.2) is 35.0 Å². The summed E-state index contributed by atoms with van der Waals surface area (Å²) in [6.45, 7) is 4.11. The summed E-state index contributed by atoms with van der Waals surface area (Å²) < 4.78 is 10.6. The topological polar surface area (TPSA) is 83.1 Å². The summed E-state index contributed by atoms with van der Waals surface area (Å²) in [6.07, 6.45) is 0. The number of piperazine rings is 1. The van der Waals surface area contributed by atoms with Gasteiger partial charge in [-0.2, -0.15) is 11.3 Å². The lowest BCUT2D eigenvalue weighted by Crippen LogP contribution is -2.51. The smallest absolute Gasteiger partial charge is 0.322 e. The van der Waals surface area contributed by atoms with E-state index < -0.39 is 0 Å². The van der Waals surface area contributed by atoms with Gasteiger partial charge in [-0.05, 0) is 23.6 Å². The van der Waals surface area contributed by atoms with Crippen LogP contribution in [0.2, 0.25) is 0 Å². The summed E-state index contributed by atoms with van der Waals surface area (Å²) in [4.78, 5) is 28.6. The van der Waals surface area contributed by atoms with Crippen molar-refractivity contribution in [1.29, 1.82) is 0 Å². The lowest BCUT2D eigenvalue weighted by molar-refractivity contribution is 0.0943. The number of benzene rings is 1. The summed E-state index contributed by atoms with van der Waals surface area (Å²) in [7, 11) is 3.11. The van der Waals surface area contributed by atoms with E-state index in [2.05, 4.69) is 15.5 Å². The SMILES string of the molecule is COc1cccc(NC(=O)N2CCN(CCNC(=O)c3ccsc3)CC2)c1OC. The van der Waals surface area contributed by atoms with Crippen LogP contribution in [-0.2, 0) is 0 Å². The van der Waals surface area contributed by atoms with Crippen molar-refractivity contribution in [3.63, 3.8) is 0 Å².